The van der Waals surface area contributed by atoms with E-state index in [0.29, 0.717) is 12.0 Å². The van der Waals surface area contributed by atoms with E-state index in [2.05, 4.69) is 5.32 Å². The number of carbonyl (C=O) groups is 2. The maximum absolute atomic E-state index is 12.0. The van der Waals surface area contributed by atoms with Gasteiger partial charge in [-0.2, -0.15) is 0 Å². The summed E-state index contributed by atoms with van der Waals surface area (Å²) in [6, 6.07) is -0.665. The average Bonchev–Trinajstić information content (AvgIpc) is 2.85. The number of fused-ring (bicyclic) bond motifs is 2. The third-order valence-electron chi connectivity index (χ3n) is 3.88. The van der Waals surface area contributed by atoms with E-state index in [1.165, 1.54) is 6.42 Å². The molecule has 2 unspecified atom stereocenters. The zero-order chi connectivity index (χ0) is 12.6. The van der Waals surface area contributed by atoms with E-state index in [1.54, 1.807) is 13.8 Å². The fraction of sp³-hybridized carbons (Fsp3) is 0.833. The van der Waals surface area contributed by atoms with E-state index in [4.69, 9.17) is 5.11 Å². The number of hydrogen-bond acceptors (Lipinski definition) is 2. The van der Waals surface area contributed by atoms with Gasteiger partial charge < -0.3 is 15.3 Å². The van der Waals surface area contributed by atoms with Crippen molar-refractivity contribution in [1.82, 2.24) is 10.2 Å². The molecular weight excluding hydrogens is 220 g/mol. The van der Waals surface area contributed by atoms with E-state index in [-0.39, 0.29) is 11.9 Å². The smallest absolute Gasteiger partial charge is 0.326 e. The first kappa shape index (κ1) is 12.2. The molecule has 3 atom stereocenters. The Morgan fingerprint density at radius 1 is 1.35 bits per heavy atom. The van der Waals surface area contributed by atoms with Gasteiger partial charge in [0.05, 0.1) is 0 Å². The van der Waals surface area contributed by atoms with Crippen LogP contribution in [-0.4, -0.2) is 40.6 Å². The van der Waals surface area contributed by atoms with E-state index < -0.39 is 12.0 Å². The summed E-state index contributed by atoms with van der Waals surface area (Å²) in [5.74, 6) is -0.429. The number of hydrogen-bond donors (Lipinski definition) is 2. The van der Waals surface area contributed by atoms with Crippen LogP contribution < -0.4 is 5.32 Å². The molecule has 0 aromatic heterocycles. The predicted octanol–water partition coefficient (Wildman–Crippen LogP) is 1.29. The van der Waals surface area contributed by atoms with Gasteiger partial charge in [0.1, 0.15) is 6.04 Å². The number of likely N-dealkylation sites (tertiary alicyclic amines) is 1. The average molecular weight is 240 g/mol. The second-order valence-electron chi connectivity index (χ2n) is 5.49. The van der Waals surface area contributed by atoms with Crippen molar-refractivity contribution in [1.29, 1.82) is 0 Å². The molecule has 17 heavy (non-hydrogen) atoms. The molecule has 1 saturated heterocycles. The standard InChI is InChI=1S/C12H20N2O3/c1-7(2)10(11(15)16)13-12(17)14-6-8-3-4-9(14)5-8/h7-10H,3-6H2,1-2H3,(H,13,17)(H,15,16)/t8?,9?,10-/m1/s1. The maximum atomic E-state index is 12.0. The molecule has 1 saturated carbocycles. The first-order chi connectivity index (χ1) is 7.99. The lowest BCUT2D eigenvalue weighted by atomic mass is 10.1. The van der Waals surface area contributed by atoms with Crippen LogP contribution in [0.1, 0.15) is 33.1 Å². The van der Waals surface area contributed by atoms with Gasteiger partial charge in [0, 0.05) is 12.6 Å². The molecule has 2 bridgehead atoms. The summed E-state index contributed by atoms with van der Waals surface area (Å²) in [7, 11) is 0. The molecule has 0 aromatic carbocycles. The van der Waals surface area contributed by atoms with Crippen LogP contribution in [-0.2, 0) is 4.79 Å². The summed E-state index contributed by atoms with van der Waals surface area (Å²) < 4.78 is 0. The Labute approximate surface area is 101 Å². The van der Waals surface area contributed by atoms with Gasteiger partial charge in [-0.3, -0.25) is 0 Å². The van der Waals surface area contributed by atoms with Crippen molar-refractivity contribution >= 4 is 12.0 Å². The van der Waals surface area contributed by atoms with Crippen molar-refractivity contribution in [3.8, 4) is 0 Å². The highest BCUT2D eigenvalue weighted by molar-refractivity contribution is 5.83. The lowest BCUT2D eigenvalue weighted by Crippen LogP contribution is -2.52. The molecule has 2 N–H and O–H groups in total. The number of nitrogens with one attached hydrogen (secondary N) is 1. The minimum Gasteiger partial charge on any atom is -0.480 e. The second-order valence-corrected chi connectivity index (χ2v) is 5.49. The highest BCUT2D eigenvalue weighted by atomic mass is 16.4. The molecule has 0 spiro atoms. The molecule has 1 heterocycles. The molecule has 2 amide bonds. The number of carboxylic acid groups (broad SMARTS) is 1. The van der Waals surface area contributed by atoms with Gasteiger partial charge in [-0.25, -0.2) is 9.59 Å². The number of nitrogens with zero attached hydrogens (tertiary/aromatic N) is 1. The quantitative estimate of drug-likeness (QED) is 0.781. The first-order valence-electron chi connectivity index (χ1n) is 6.29. The molecule has 2 fully saturated rings. The highest BCUT2D eigenvalue weighted by Gasteiger charge is 2.41. The van der Waals surface area contributed by atoms with E-state index in [9.17, 15) is 9.59 Å². The second kappa shape index (κ2) is 4.55. The lowest BCUT2D eigenvalue weighted by Gasteiger charge is -2.29. The molecule has 2 aliphatic rings. The third kappa shape index (κ3) is 2.37. The van der Waals surface area contributed by atoms with Crippen molar-refractivity contribution in [3.63, 3.8) is 0 Å². The Balaban J connectivity index is 1.94. The van der Waals surface area contributed by atoms with Crippen molar-refractivity contribution < 1.29 is 14.7 Å². The van der Waals surface area contributed by atoms with Crippen molar-refractivity contribution in [2.24, 2.45) is 11.8 Å². The number of carbonyl (C=O) groups excluding carboxylic acids is 1. The molecule has 0 radical (unpaired) electrons. The number of amides is 2. The summed E-state index contributed by atoms with van der Waals surface area (Å²) in [4.78, 5) is 24.8. The molecule has 1 aliphatic heterocycles. The third-order valence-corrected chi connectivity index (χ3v) is 3.88. The summed E-state index contributed by atoms with van der Waals surface area (Å²) in [5.41, 5.74) is 0. The van der Waals surface area contributed by atoms with Crippen LogP contribution >= 0.6 is 0 Å². The van der Waals surface area contributed by atoms with E-state index in [0.717, 1.165) is 19.4 Å². The van der Waals surface area contributed by atoms with Gasteiger partial charge in [-0.05, 0) is 31.1 Å². The fourth-order valence-electron chi connectivity index (χ4n) is 2.90. The van der Waals surface area contributed by atoms with Crippen molar-refractivity contribution in [3.05, 3.63) is 0 Å². The van der Waals surface area contributed by atoms with Crippen LogP contribution in [0.2, 0.25) is 0 Å². The molecule has 0 aromatic rings. The lowest BCUT2D eigenvalue weighted by molar-refractivity contribution is -0.140. The largest absolute Gasteiger partial charge is 0.480 e. The van der Waals surface area contributed by atoms with Crippen molar-refractivity contribution in [2.45, 2.75) is 45.2 Å². The Morgan fingerprint density at radius 3 is 2.47 bits per heavy atom. The van der Waals surface area contributed by atoms with Gasteiger partial charge in [0.15, 0.2) is 0 Å². The summed E-state index contributed by atoms with van der Waals surface area (Å²) >= 11 is 0. The van der Waals surface area contributed by atoms with E-state index >= 15 is 0 Å². The number of piperidine rings is 1. The molecule has 1 aliphatic carbocycles. The topological polar surface area (TPSA) is 69.6 Å². The van der Waals surface area contributed by atoms with Gasteiger partial charge in [0.25, 0.3) is 0 Å². The Kier molecular flexibility index (Phi) is 3.26. The number of rotatable bonds is 3. The number of urea groups is 1. The number of carboxylic acids is 1. The van der Waals surface area contributed by atoms with Crippen LogP contribution in [0.25, 0.3) is 0 Å². The molecule has 5 nitrogen and oxygen atoms in total. The number of aliphatic carboxylic acids is 1. The van der Waals surface area contributed by atoms with Crippen molar-refractivity contribution in [2.75, 3.05) is 6.54 Å². The Bertz CT molecular complexity index is 330. The molecular formula is C12H20N2O3. The minimum atomic E-state index is -0.960. The van der Waals surface area contributed by atoms with Crippen LogP contribution in [0.4, 0.5) is 4.79 Å². The normalized spacial score (nSPS) is 28.5. The Hall–Kier alpha value is -1.26. The van der Waals surface area contributed by atoms with Gasteiger partial charge in [-0.15, -0.1) is 0 Å². The molecule has 96 valence electrons. The van der Waals surface area contributed by atoms with Crippen LogP contribution in [0, 0.1) is 11.8 Å². The molecule has 2 rings (SSSR count). The molecule has 5 heteroatoms. The zero-order valence-electron chi connectivity index (χ0n) is 10.3. The zero-order valence-corrected chi connectivity index (χ0v) is 10.3. The van der Waals surface area contributed by atoms with Crippen LogP contribution in [0.15, 0.2) is 0 Å². The van der Waals surface area contributed by atoms with Crippen LogP contribution in [0.3, 0.4) is 0 Å². The van der Waals surface area contributed by atoms with Gasteiger partial charge in [0.2, 0.25) is 0 Å². The maximum Gasteiger partial charge on any atom is 0.326 e. The minimum absolute atomic E-state index is 0.101. The summed E-state index contributed by atoms with van der Waals surface area (Å²) in [6.45, 7) is 4.39. The summed E-state index contributed by atoms with van der Waals surface area (Å²) in [5, 5.41) is 11.7. The highest BCUT2D eigenvalue weighted by Crippen LogP contribution is 2.37. The van der Waals surface area contributed by atoms with Gasteiger partial charge in [-0.1, -0.05) is 13.8 Å². The SMILES string of the molecule is CC(C)[C@@H](NC(=O)N1CC2CCC1C2)C(=O)O. The summed E-state index contributed by atoms with van der Waals surface area (Å²) in [6.07, 6.45) is 3.37. The monoisotopic (exact) mass is 240 g/mol. The predicted molar refractivity (Wildman–Crippen MR) is 62.6 cm³/mol. The fourth-order valence-corrected chi connectivity index (χ4v) is 2.90. The van der Waals surface area contributed by atoms with Crippen LogP contribution in [0.5, 0.6) is 0 Å². The first-order valence-corrected chi connectivity index (χ1v) is 6.29. The van der Waals surface area contributed by atoms with Gasteiger partial charge >= 0.3 is 12.0 Å². The van der Waals surface area contributed by atoms with E-state index in [1.807, 2.05) is 4.90 Å². The Morgan fingerprint density at radius 2 is 2.06 bits per heavy atom.